The summed E-state index contributed by atoms with van der Waals surface area (Å²) in [5.74, 6) is 0. The van der Waals surface area contributed by atoms with Gasteiger partial charge in [0.1, 0.15) is 0 Å². The molecule has 3 aromatic rings. The van der Waals surface area contributed by atoms with Crippen molar-refractivity contribution in [1.82, 2.24) is 19.9 Å². The molecular weight excluding hydrogens is 248 g/mol. The van der Waals surface area contributed by atoms with E-state index in [1.54, 1.807) is 24.7 Å². The van der Waals surface area contributed by atoms with Gasteiger partial charge in [-0.1, -0.05) is 12.1 Å². The second kappa shape index (κ2) is 3.99. The van der Waals surface area contributed by atoms with Crippen molar-refractivity contribution >= 4 is 21.0 Å². The summed E-state index contributed by atoms with van der Waals surface area (Å²) in [5, 5.41) is 0.763. The summed E-state index contributed by atoms with van der Waals surface area (Å²) in [6.07, 6.45) is 4.79. The lowest BCUT2D eigenvalue weighted by Gasteiger charge is -2.12. The van der Waals surface area contributed by atoms with Crippen LogP contribution >= 0.6 is 0 Å². The third-order valence-corrected chi connectivity index (χ3v) is 4.73. The molecule has 18 heavy (non-hydrogen) atoms. The van der Waals surface area contributed by atoms with Gasteiger partial charge in [-0.3, -0.25) is 4.21 Å². The number of imidazole rings is 1. The highest BCUT2D eigenvalue weighted by molar-refractivity contribution is 8.02. The Labute approximate surface area is 105 Å². The molecule has 2 heterocycles. The van der Waals surface area contributed by atoms with Gasteiger partial charge < -0.3 is 4.98 Å². The largest absolute Gasteiger partial charge is 0.332 e. The normalized spacial score (nSPS) is 12.7. The maximum atomic E-state index is 12.8. The number of hydrogen-bond donors (Lipinski definition) is 2. The summed E-state index contributed by atoms with van der Waals surface area (Å²) in [4.78, 5) is 15.6. The standard InChI is InChI=1S/C12H12N4OS/c1-18(17,11-13-7-4-8-14-11)12-15-9-5-2-3-6-10(9)16-12/h2-8,18H,1H3,(H,15,16). The topological polar surface area (TPSA) is 71.5 Å². The number of aromatic nitrogens is 4. The second-order valence-corrected chi connectivity index (χ2v) is 6.72. The van der Waals surface area contributed by atoms with E-state index in [4.69, 9.17) is 0 Å². The summed E-state index contributed by atoms with van der Waals surface area (Å²) in [5.41, 5.74) is 1.66. The number of nitrogens with one attached hydrogen (secondary N) is 1. The summed E-state index contributed by atoms with van der Waals surface area (Å²) in [7, 11) is -2.86. The molecule has 0 saturated heterocycles. The van der Waals surface area contributed by atoms with E-state index < -0.39 is 9.93 Å². The summed E-state index contributed by atoms with van der Waals surface area (Å²) in [6, 6.07) is 9.28. The number of para-hydroxylation sites is 2. The predicted octanol–water partition coefficient (Wildman–Crippen LogP) is 1.42. The van der Waals surface area contributed by atoms with Crippen LogP contribution < -0.4 is 0 Å². The van der Waals surface area contributed by atoms with Crippen molar-refractivity contribution < 1.29 is 4.21 Å². The lowest BCUT2D eigenvalue weighted by molar-refractivity contribution is 0.659. The molecule has 2 aromatic heterocycles. The van der Waals surface area contributed by atoms with Gasteiger partial charge in [-0.25, -0.2) is 15.0 Å². The van der Waals surface area contributed by atoms with Gasteiger partial charge in [-0.15, -0.1) is 0 Å². The molecule has 92 valence electrons. The fourth-order valence-electron chi connectivity index (χ4n) is 1.75. The minimum absolute atomic E-state index is 0.323. The van der Waals surface area contributed by atoms with Gasteiger partial charge in [0, 0.05) is 28.6 Å². The molecule has 0 atom stereocenters. The molecule has 0 spiro atoms. The van der Waals surface area contributed by atoms with E-state index in [0.717, 1.165) is 11.0 Å². The number of nitrogens with zero attached hydrogens (tertiary/aromatic N) is 3. The van der Waals surface area contributed by atoms with Gasteiger partial charge in [0.25, 0.3) is 0 Å². The fraction of sp³-hybridized carbons (Fsp3) is 0.0833. The van der Waals surface area contributed by atoms with Crippen molar-refractivity contribution in [1.29, 1.82) is 0 Å². The molecule has 0 unspecified atom stereocenters. The zero-order valence-electron chi connectivity index (χ0n) is 9.74. The zero-order valence-corrected chi connectivity index (χ0v) is 10.6. The molecule has 3 rings (SSSR count). The first kappa shape index (κ1) is 11.0. The van der Waals surface area contributed by atoms with Crippen LogP contribution in [0.5, 0.6) is 0 Å². The number of thiol groups is 1. The van der Waals surface area contributed by atoms with Crippen LogP contribution in [0.3, 0.4) is 0 Å². The van der Waals surface area contributed by atoms with Crippen LogP contribution in [0.15, 0.2) is 53.0 Å². The number of hydrogen-bond acceptors (Lipinski definition) is 4. The molecule has 6 heteroatoms. The van der Waals surface area contributed by atoms with E-state index in [0.29, 0.717) is 10.3 Å². The highest BCUT2D eigenvalue weighted by atomic mass is 32.2. The quantitative estimate of drug-likeness (QED) is 0.540. The van der Waals surface area contributed by atoms with Crippen LogP contribution in [0.25, 0.3) is 11.0 Å². The Balaban J connectivity index is 2.17. The Kier molecular flexibility index (Phi) is 2.45. The maximum absolute atomic E-state index is 12.8. The van der Waals surface area contributed by atoms with Gasteiger partial charge in [0.2, 0.25) is 5.16 Å². The van der Waals surface area contributed by atoms with Crippen molar-refractivity contribution in [2.24, 2.45) is 0 Å². The first-order valence-corrected chi connectivity index (χ1v) is 7.64. The fourth-order valence-corrected chi connectivity index (χ4v) is 3.14. The molecule has 1 aromatic carbocycles. The van der Waals surface area contributed by atoms with Crippen molar-refractivity contribution in [2.75, 3.05) is 6.26 Å². The second-order valence-electron chi connectivity index (χ2n) is 4.05. The van der Waals surface area contributed by atoms with E-state index in [9.17, 15) is 4.21 Å². The Morgan fingerprint density at radius 1 is 1.11 bits per heavy atom. The van der Waals surface area contributed by atoms with Crippen molar-refractivity contribution in [3.05, 3.63) is 42.7 Å². The minimum atomic E-state index is -2.86. The number of rotatable bonds is 2. The van der Waals surface area contributed by atoms with E-state index >= 15 is 0 Å². The minimum Gasteiger partial charge on any atom is -0.332 e. The third kappa shape index (κ3) is 1.70. The Bertz CT molecular complexity index is 705. The van der Waals surface area contributed by atoms with Gasteiger partial charge in [-0.2, -0.15) is 0 Å². The molecule has 0 saturated carbocycles. The maximum Gasteiger partial charge on any atom is 0.200 e. The molecule has 0 aliphatic rings. The summed E-state index contributed by atoms with van der Waals surface area (Å²) >= 11 is 0. The lowest BCUT2D eigenvalue weighted by Crippen LogP contribution is -2.15. The molecule has 0 amide bonds. The monoisotopic (exact) mass is 260 g/mol. The summed E-state index contributed by atoms with van der Waals surface area (Å²) < 4.78 is 12.8. The Morgan fingerprint density at radius 3 is 2.56 bits per heavy atom. The van der Waals surface area contributed by atoms with Crippen LogP contribution in [0.1, 0.15) is 0 Å². The van der Waals surface area contributed by atoms with E-state index in [1.807, 2.05) is 24.3 Å². The molecule has 0 aliphatic heterocycles. The number of fused-ring (bicyclic) bond motifs is 1. The smallest absolute Gasteiger partial charge is 0.200 e. The number of benzene rings is 1. The zero-order chi connectivity index (χ0) is 12.6. The molecule has 0 fully saturated rings. The average molecular weight is 260 g/mol. The number of aromatic amines is 1. The predicted molar refractivity (Wildman–Crippen MR) is 70.1 cm³/mol. The van der Waals surface area contributed by atoms with Crippen LogP contribution in [0, 0.1) is 0 Å². The molecule has 1 N–H and O–H groups in total. The number of H-pyrrole nitrogens is 1. The molecule has 0 bridgehead atoms. The molecule has 0 aliphatic carbocycles. The molecular formula is C12H12N4OS. The highest BCUT2D eigenvalue weighted by Gasteiger charge is 2.21. The van der Waals surface area contributed by atoms with Crippen LogP contribution in [0.4, 0.5) is 0 Å². The van der Waals surface area contributed by atoms with Crippen LogP contribution in [0.2, 0.25) is 0 Å². The Hall–Kier alpha value is -2.08. The van der Waals surface area contributed by atoms with Crippen LogP contribution in [-0.4, -0.2) is 30.4 Å². The average Bonchev–Trinajstić information content (AvgIpc) is 2.84. The molecule has 0 radical (unpaired) electrons. The van der Waals surface area contributed by atoms with Crippen LogP contribution in [-0.2, 0) is 9.93 Å². The Morgan fingerprint density at radius 2 is 1.83 bits per heavy atom. The third-order valence-electron chi connectivity index (χ3n) is 2.71. The van der Waals surface area contributed by atoms with Crippen molar-refractivity contribution in [3.8, 4) is 0 Å². The first-order chi connectivity index (χ1) is 8.68. The van der Waals surface area contributed by atoms with Gasteiger partial charge in [-0.05, 0) is 18.2 Å². The van der Waals surface area contributed by atoms with Gasteiger partial charge in [0.05, 0.1) is 11.0 Å². The van der Waals surface area contributed by atoms with Gasteiger partial charge in [0.15, 0.2) is 5.16 Å². The van der Waals surface area contributed by atoms with Gasteiger partial charge >= 0.3 is 0 Å². The van der Waals surface area contributed by atoms with E-state index in [2.05, 4.69) is 19.9 Å². The summed E-state index contributed by atoms with van der Waals surface area (Å²) in [6.45, 7) is 0. The lowest BCUT2D eigenvalue weighted by atomic mass is 10.3. The first-order valence-electron chi connectivity index (χ1n) is 5.48. The molecule has 5 nitrogen and oxygen atoms in total. The highest BCUT2D eigenvalue weighted by Crippen LogP contribution is 2.22. The van der Waals surface area contributed by atoms with Crippen molar-refractivity contribution in [2.45, 2.75) is 10.3 Å². The van der Waals surface area contributed by atoms with E-state index in [1.165, 1.54) is 0 Å². The SMILES string of the molecule is C[SH](=O)(c1ncccn1)c1nc2ccccc2[nH]1. The van der Waals surface area contributed by atoms with Crippen molar-refractivity contribution in [3.63, 3.8) is 0 Å². The van der Waals surface area contributed by atoms with E-state index in [-0.39, 0.29) is 0 Å².